The summed E-state index contributed by atoms with van der Waals surface area (Å²) in [5, 5.41) is 10.5. The van der Waals surface area contributed by atoms with Gasteiger partial charge in [0.2, 0.25) is 6.41 Å². The van der Waals surface area contributed by atoms with E-state index in [9.17, 15) is 14.7 Å². The van der Waals surface area contributed by atoms with Crippen LogP contribution in [0.1, 0.15) is 25.3 Å². The lowest BCUT2D eigenvalue weighted by molar-refractivity contribution is -0.134. The van der Waals surface area contributed by atoms with E-state index in [-0.39, 0.29) is 36.0 Å². The van der Waals surface area contributed by atoms with Crippen LogP contribution in [0.2, 0.25) is 0 Å². The molecule has 0 aromatic heterocycles. The molecule has 0 aliphatic rings. The molecule has 0 aliphatic carbocycles. The number of aromatic hydroxyl groups is 1. The smallest absolute Gasteiger partial charge is 0.311 e. The molecule has 0 bridgehead atoms. The number of nitrogens with zero attached hydrogens (tertiary/aromatic N) is 1. The predicted molar refractivity (Wildman–Crippen MR) is 115 cm³/mol. The number of hydroxylamine groups is 1. The second-order valence-corrected chi connectivity index (χ2v) is 6.61. The normalized spacial score (nSPS) is 10.4. The van der Waals surface area contributed by atoms with Gasteiger partial charge in [-0.15, -0.1) is 0 Å². The summed E-state index contributed by atoms with van der Waals surface area (Å²) in [5.41, 5.74) is 1.10. The highest BCUT2D eigenvalue weighted by Crippen LogP contribution is 2.40. The van der Waals surface area contributed by atoms with Gasteiger partial charge in [0.15, 0.2) is 11.5 Å². The van der Waals surface area contributed by atoms with Crippen molar-refractivity contribution >= 4 is 18.1 Å². The highest BCUT2D eigenvalue weighted by molar-refractivity contribution is 5.82. The van der Waals surface area contributed by atoms with Crippen molar-refractivity contribution in [1.29, 1.82) is 0 Å². The summed E-state index contributed by atoms with van der Waals surface area (Å²) in [7, 11) is 0. The van der Waals surface area contributed by atoms with Crippen LogP contribution in [0.5, 0.6) is 23.0 Å². The van der Waals surface area contributed by atoms with Gasteiger partial charge in [0.05, 0.1) is 0 Å². The Morgan fingerprint density at radius 1 is 1.00 bits per heavy atom. The molecule has 0 aliphatic heterocycles. The second-order valence-electron chi connectivity index (χ2n) is 6.61. The van der Waals surface area contributed by atoms with Crippen LogP contribution in [0, 0.1) is 0 Å². The fraction of sp³-hybridized carbons (Fsp3) is 0.167. The lowest BCUT2D eigenvalue weighted by Gasteiger charge is -2.21. The average Bonchev–Trinajstić information content (AvgIpc) is 2.78. The van der Waals surface area contributed by atoms with Crippen molar-refractivity contribution in [3.8, 4) is 23.0 Å². The van der Waals surface area contributed by atoms with Crippen LogP contribution < -0.4 is 14.5 Å². The molecule has 0 atom stereocenters. The molecule has 0 saturated heterocycles. The molecule has 0 heterocycles. The third-order valence-corrected chi connectivity index (χ3v) is 4.24. The third-order valence-electron chi connectivity index (χ3n) is 4.24. The summed E-state index contributed by atoms with van der Waals surface area (Å²) < 4.78 is 11.4. The van der Waals surface area contributed by atoms with E-state index < -0.39 is 5.97 Å². The maximum absolute atomic E-state index is 12.2. The number of anilines is 1. The number of benzene rings is 3. The molecule has 3 aromatic carbocycles. The number of hydrogen-bond donors (Lipinski definition) is 1. The van der Waals surface area contributed by atoms with E-state index >= 15 is 0 Å². The molecule has 0 fully saturated rings. The molecular weight excluding hydrogens is 398 g/mol. The van der Waals surface area contributed by atoms with Gasteiger partial charge >= 0.3 is 5.97 Å². The molecule has 1 amide bonds. The van der Waals surface area contributed by atoms with Crippen molar-refractivity contribution in [2.24, 2.45) is 0 Å². The minimum absolute atomic E-state index is 0.0641. The van der Waals surface area contributed by atoms with Gasteiger partial charge in [-0.1, -0.05) is 43.3 Å². The Kier molecular flexibility index (Phi) is 7.61. The van der Waals surface area contributed by atoms with Gasteiger partial charge in [0.1, 0.15) is 23.8 Å². The monoisotopic (exact) mass is 421 g/mol. The number of phenolic OH excluding ortho intramolecular Hbond substituents is 1. The molecule has 0 spiro atoms. The van der Waals surface area contributed by atoms with E-state index in [1.165, 1.54) is 12.1 Å². The Balaban J connectivity index is 1.91. The first-order chi connectivity index (χ1) is 15.1. The van der Waals surface area contributed by atoms with Crippen LogP contribution in [-0.2, 0) is 21.0 Å². The number of phenols is 1. The number of carbonyl (C=O) groups excluding carboxylic acids is 2. The van der Waals surface area contributed by atoms with Crippen molar-refractivity contribution in [3.05, 3.63) is 78.4 Å². The topological polar surface area (TPSA) is 85.3 Å². The van der Waals surface area contributed by atoms with Crippen LogP contribution in [0.25, 0.3) is 0 Å². The van der Waals surface area contributed by atoms with Crippen LogP contribution in [0.3, 0.4) is 0 Å². The lowest BCUT2D eigenvalue weighted by Crippen LogP contribution is -2.23. The maximum Gasteiger partial charge on any atom is 0.311 e. The second kappa shape index (κ2) is 10.8. The third kappa shape index (κ3) is 6.07. The largest absolute Gasteiger partial charge is 0.508 e. The first-order valence-corrected chi connectivity index (χ1v) is 9.82. The van der Waals surface area contributed by atoms with E-state index in [4.69, 9.17) is 14.3 Å². The number of rotatable bonds is 10. The minimum Gasteiger partial charge on any atom is -0.508 e. The summed E-state index contributed by atoms with van der Waals surface area (Å²) in [6.45, 7) is 2.01. The lowest BCUT2D eigenvalue weighted by atomic mass is 10.2. The highest BCUT2D eigenvalue weighted by atomic mass is 16.7. The first kappa shape index (κ1) is 21.9. The number of amides is 1. The van der Waals surface area contributed by atoms with E-state index in [1.54, 1.807) is 30.3 Å². The van der Waals surface area contributed by atoms with E-state index in [1.807, 2.05) is 37.3 Å². The summed E-state index contributed by atoms with van der Waals surface area (Å²) in [4.78, 5) is 29.7. The van der Waals surface area contributed by atoms with Crippen molar-refractivity contribution in [1.82, 2.24) is 0 Å². The van der Waals surface area contributed by atoms with E-state index in [2.05, 4.69) is 0 Å². The zero-order valence-electron chi connectivity index (χ0n) is 17.1. The van der Waals surface area contributed by atoms with Crippen LogP contribution in [-0.4, -0.2) is 17.5 Å². The van der Waals surface area contributed by atoms with Crippen LogP contribution in [0.4, 0.5) is 5.69 Å². The molecule has 0 unspecified atom stereocenters. The Bertz CT molecular complexity index is 1000. The highest BCUT2D eigenvalue weighted by Gasteiger charge is 2.21. The molecule has 3 aromatic rings. The van der Waals surface area contributed by atoms with Gasteiger partial charge < -0.3 is 14.6 Å². The molecule has 7 heteroatoms. The number of esters is 1. The number of carbonyl (C=O) groups is 2. The SMILES string of the molecule is CCCC(=O)Oc1c(Oc2ccc(O)cc2)cccc1N(C=O)OCc1ccccc1. The fourth-order valence-electron chi connectivity index (χ4n) is 2.75. The molecule has 0 radical (unpaired) electrons. The molecule has 7 nitrogen and oxygen atoms in total. The summed E-state index contributed by atoms with van der Waals surface area (Å²) >= 11 is 0. The molecular formula is C24H23NO6. The van der Waals surface area contributed by atoms with Gasteiger partial charge in [-0.25, -0.2) is 0 Å². The average molecular weight is 421 g/mol. The molecule has 0 saturated carbocycles. The van der Waals surface area contributed by atoms with Crippen LogP contribution in [0.15, 0.2) is 72.8 Å². The summed E-state index contributed by atoms with van der Waals surface area (Å²) in [6, 6.07) is 20.3. The summed E-state index contributed by atoms with van der Waals surface area (Å²) in [5.74, 6) is 0.346. The van der Waals surface area contributed by atoms with Crippen LogP contribution >= 0.6 is 0 Å². The minimum atomic E-state index is -0.459. The molecule has 31 heavy (non-hydrogen) atoms. The van der Waals surface area contributed by atoms with Crippen molar-refractivity contribution in [2.45, 2.75) is 26.4 Å². The Hall–Kier alpha value is -3.84. The summed E-state index contributed by atoms with van der Waals surface area (Å²) in [6.07, 6.45) is 1.32. The molecule has 1 N–H and O–H groups in total. The van der Waals surface area contributed by atoms with Gasteiger partial charge in [-0.2, -0.15) is 5.06 Å². The van der Waals surface area contributed by atoms with Crippen molar-refractivity contribution in [2.75, 3.05) is 5.06 Å². The maximum atomic E-state index is 12.2. The predicted octanol–water partition coefficient (Wildman–Crippen LogP) is 4.98. The van der Waals surface area contributed by atoms with E-state index in [0.717, 1.165) is 10.6 Å². The number of para-hydroxylation sites is 1. The zero-order chi connectivity index (χ0) is 22.1. The fourth-order valence-corrected chi connectivity index (χ4v) is 2.75. The molecule has 160 valence electrons. The van der Waals surface area contributed by atoms with Gasteiger partial charge in [-0.05, 0) is 48.4 Å². The standard InChI is InChI=1S/C24H23NO6/c1-2-7-23(28)31-24-21(25(17-26)29-16-18-8-4-3-5-9-18)10-6-11-22(24)30-20-14-12-19(27)13-15-20/h3-6,8-15,17,27H,2,7,16H2,1H3. The Morgan fingerprint density at radius 3 is 2.42 bits per heavy atom. The molecule has 3 rings (SSSR count). The van der Waals surface area contributed by atoms with Gasteiger partial charge in [-0.3, -0.25) is 14.4 Å². The van der Waals surface area contributed by atoms with Crippen molar-refractivity contribution in [3.63, 3.8) is 0 Å². The quantitative estimate of drug-likeness (QED) is 0.215. The van der Waals surface area contributed by atoms with E-state index in [0.29, 0.717) is 18.6 Å². The first-order valence-electron chi connectivity index (χ1n) is 9.82. The number of hydrogen-bond acceptors (Lipinski definition) is 6. The van der Waals surface area contributed by atoms with Crippen molar-refractivity contribution < 1.29 is 29.0 Å². The Labute approximate surface area is 180 Å². The van der Waals surface area contributed by atoms with Gasteiger partial charge in [0.25, 0.3) is 0 Å². The zero-order valence-corrected chi connectivity index (χ0v) is 17.1. The Morgan fingerprint density at radius 2 is 1.74 bits per heavy atom. The number of ether oxygens (including phenoxy) is 2. The van der Waals surface area contributed by atoms with Gasteiger partial charge in [0, 0.05) is 6.42 Å².